The number of carboxylic acid groups (broad SMARTS) is 1. The van der Waals surface area contributed by atoms with Crippen molar-refractivity contribution < 1.29 is 38.8 Å². The number of benzene rings is 2. The molecule has 0 spiro atoms. The maximum Gasteiger partial charge on any atom is 0.412 e. The Bertz CT molecular complexity index is 937. The zero-order valence-electron chi connectivity index (χ0n) is 17.7. The molecule has 0 fully saturated rings. The maximum absolute atomic E-state index is 12.5. The number of nitrogens with one attached hydrogen (secondary N) is 1. The molecule has 2 aromatic rings. The van der Waals surface area contributed by atoms with Crippen LogP contribution >= 0.6 is 0 Å². The zero-order chi connectivity index (χ0) is 23.5. The van der Waals surface area contributed by atoms with E-state index in [0.717, 1.165) is 6.08 Å². The predicted molar refractivity (Wildman–Crippen MR) is 116 cm³/mol. The largest absolute Gasteiger partial charge is 0.491 e. The molecule has 0 radical (unpaired) electrons. The summed E-state index contributed by atoms with van der Waals surface area (Å²) >= 11 is 0. The number of ether oxygens (including phenoxy) is 3. The molecule has 1 amide bonds. The smallest absolute Gasteiger partial charge is 0.412 e. The minimum atomic E-state index is -1.17. The molecule has 170 valence electrons. The second kappa shape index (κ2) is 12.2. The van der Waals surface area contributed by atoms with E-state index in [-0.39, 0.29) is 19.0 Å². The predicted octanol–water partition coefficient (Wildman–Crippen LogP) is 3.21. The van der Waals surface area contributed by atoms with Crippen LogP contribution in [0.15, 0.2) is 60.7 Å². The molecule has 0 aromatic heterocycles. The molecule has 0 saturated carbocycles. The van der Waals surface area contributed by atoms with Gasteiger partial charge in [0.25, 0.3) is 0 Å². The highest BCUT2D eigenvalue weighted by atomic mass is 16.6. The molecule has 32 heavy (non-hydrogen) atoms. The lowest BCUT2D eigenvalue weighted by molar-refractivity contribution is -0.131. The summed E-state index contributed by atoms with van der Waals surface area (Å²) in [5, 5.41) is 20.4. The quantitative estimate of drug-likeness (QED) is 0.356. The highest BCUT2D eigenvalue weighted by Crippen LogP contribution is 2.27. The number of anilines is 1. The first kappa shape index (κ1) is 24.6. The average molecular weight is 443 g/mol. The Morgan fingerprint density at radius 2 is 1.72 bits per heavy atom. The molecule has 0 aliphatic carbocycles. The summed E-state index contributed by atoms with van der Waals surface area (Å²) in [6.45, 7) is 1.44. The van der Waals surface area contributed by atoms with Gasteiger partial charge in [-0.1, -0.05) is 12.1 Å². The molecule has 3 N–H and O–H groups in total. The number of hydrogen-bond acceptors (Lipinski definition) is 7. The maximum atomic E-state index is 12.5. The summed E-state index contributed by atoms with van der Waals surface area (Å²) in [4.78, 5) is 34.9. The molecule has 2 rings (SSSR count). The number of aliphatic hydroxyl groups is 1. The molecule has 2 atom stereocenters. The molecule has 9 heteroatoms. The van der Waals surface area contributed by atoms with Gasteiger partial charge in [-0.25, -0.2) is 9.59 Å². The summed E-state index contributed by atoms with van der Waals surface area (Å²) in [5.41, 5.74) is 1.45. The molecule has 0 heterocycles. The first-order valence-corrected chi connectivity index (χ1v) is 9.70. The third-order valence-electron chi connectivity index (χ3n) is 4.34. The fourth-order valence-electron chi connectivity index (χ4n) is 2.77. The number of aliphatic hydroxyl groups excluding tert-OH is 1. The molecule has 0 aliphatic rings. The number of Topliss-reactive ketones (excluding diaryl/α,β-unsaturated/α-hetero) is 1. The Labute approximate surface area is 185 Å². The Hall–Kier alpha value is -3.69. The van der Waals surface area contributed by atoms with Crippen molar-refractivity contribution >= 4 is 23.5 Å². The van der Waals surface area contributed by atoms with Gasteiger partial charge >= 0.3 is 12.1 Å². The summed E-state index contributed by atoms with van der Waals surface area (Å²) < 4.78 is 16.2. The van der Waals surface area contributed by atoms with E-state index in [0.29, 0.717) is 22.6 Å². The van der Waals surface area contributed by atoms with Crippen LogP contribution in [0.2, 0.25) is 0 Å². The molecular weight excluding hydrogens is 418 g/mol. The van der Waals surface area contributed by atoms with E-state index >= 15 is 0 Å². The third-order valence-corrected chi connectivity index (χ3v) is 4.34. The zero-order valence-corrected chi connectivity index (χ0v) is 17.7. The topological polar surface area (TPSA) is 131 Å². The van der Waals surface area contributed by atoms with Crippen molar-refractivity contribution in [2.24, 2.45) is 0 Å². The van der Waals surface area contributed by atoms with E-state index in [9.17, 15) is 14.4 Å². The van der Waals surface area contributed by atoms with Gasteiger partial charge in [-0.2, -0.15) is 0 Å². The molecule has 9 nitrogen and oxygen atoms in total. The Morgan fingerprint density at radius 1 is 1.06 bits per heavy atom. The minimum absolute atomic E-state index is 0.0984. The highest BCUT2D eigenvalue weighted by molar-refractivity contribution is 5.95. The fraction of sp³-hybridized carbons (Fsp3) is 0.261. The lowest BCUT2D eigenvalue weighted by Crippen LogP contribution is -2.27. The van der Waals surface area contributed by atoms with Gasteiger partial charge in [0.1, 0.15) is 18.5 Å². The van der Waals surface area contributed by atoms with Crippen molar-refractivity contribution in [3.63, 3.8) is 0 Å². The number of carbonyl (C=O) groups excluding carboxylic acids is 2. The van der Waals surface area contributed by atoms with Crippen LogP contribution in [-0.2, 0) is 14.3 Å². The van der Waals surface area contributed by atoms with Crippen LogP contribution in [-0.4, -0.2) is 54.5 Å². The third kappa shape index (κ3) is 7.53. The van der Waals surface area contributed by atoms with E-state index < -0.39 is 24.3 Å². The van der Waals surface area contributed by atoms with Gasteiger partial charge in [0.2, 0.25) is 0 Å². The van der Waals surface area contributed by atoms with Crippen molar-refractivity contribution in [2.45, 2.75) is 19.1 Å². The van der Waals surface area contributed by atoms with Gasteiger partial charge < -0.3 is 24.4 Å². The van der Waals surface area contributed by atoms with E-state index in [1.54, 1.807) is 48.5 Å². The summed E-state index contributed by atoms with van der Waals surface area (Å²) in [6, 6.07) is 12.8. The van der Waals surface area contributed by atoms with Crippen molar-refractivity contribution in [1.82, 2.24) is 0 Å². The van der Waals surface area contributed by atoms with Crippen LogP contribution in [0.1, 0.15) is 28.9 Å². The van der Waals surface area contributed by atoms with E-state index in [4.69, 9.17) is 24.4 Å². The van der Waals surface area contributed by atoms with Crippen LogP contribution in [0, 0.1) is 0 Å². The fourth-order valence-corrected chi connectivity index (χ4v) is 2.77. The van der Waals surface area contributed by atoms with E-state index in [1.807, 2.05) is 0 Å². The Balaban J connectivity index is 2.21. The van der Waals surface area contributed by atoms with Crippen molar-refractivity contribution in [1.29, 1.82) is 0 Å². The summed E-state index contributed by atoms with van der Waals surface area (Å²) in [6.07, 6.45) is -0.475. The van der Waals surface area contributed by atoms with Crippen LogP contribution < -0.4 is 10.1 Å². The van der Waals surface area contributed by atoms with Gasteiger partial charge in [-0.15, -0.1) is 0 Å². The molecule has 0 unspecified atom stereocenters. The van der Waals surface area contributed by atoms with Crippen LogP contribution in [0.4, 0.5) is 10.5 Å². The molecule has 0 aliphatic heterocycles. The van der Waals surface area contributed by atoms with Crippen LogP contribution in [0.25, 0.3) is 0 Å². The number of carboxylic acids is 1. The number of aliphatic carboxylic acids is 1. The van der Waals surface area contributed by atoms with Gasteiger partial charge in [-0.3, -0.25) is 10.1 Å². The number of hydrogen-bond donors (Lipinski definition) is 3. The summed E-state index contributed by atoms with van der Waals surface area (Å²) in [7, 11) is 1.37. The van der Waals surface area contributed by atoms with Gasteiger partial charge in [-0.05, 0) is 55.0 Å². The lowest BCUT2D eigenvalue weighted by Gasteiger charge is -2.24. The highest BCUT2D eigenvalue weighted by Gasteiger charge is 2.26. The Kier molecular flexibility index (Phi) is 9.40. The number of amides is 1. The monoisotopic (exact) mass is 443 g/mol. The molecule has 2 aromatic carbocycles. The number of carbonyl (C=O) groups is 3. The first-order chi connectivity index (χ1) is 15.3. The van der Waals surface area contributed by atoms with Gasteiger partial charge in [0.15, 0.2) is 11.9 Å². The summed E-state index contributed by atoms with van der Waals surface area (Å²) in [5.74, 6) is -0.765. The molecule has 0 bridgehead atoms. The molecular formula is C23H25NO8. The normalized spacial score (nSPS) is 12.7. The second-order valence-electron chi connectivity index (χ2n) is 6.62. The standard InChI is InChI=1S/C23H25NO8/c1-15(26)16-3-7-18(8-4-16)24-23(29)32-22(20(30-2)11-12-21(27)28)17-5-9-19(10-6-17)31-14-13-25/h3-12,20,22,25H,13-14H2,1-2H3,(H,24,29)(H,27,28)/b12-11+/t20-,22-/m1/s1. The van der Waals surface area contributed by atoms with Crippen molar-refractivity contribution in [3.8, 4) is 5.75 Å². The number of methoxy groups -OCH3 is 1. The van der Waals surface area contributed by atoms with Crippen molar-refractivity contribution in [2.75, 3.05) is 25.6 Å². The lowest BCUT2D eigenvalue weighted by atomic mass is 10.0. The molecule has 0 saturated heterocycles. The first-order valence-electron chi connectivity index (χ1n) is 9.70. The van der Waals surface area contributed by atoms with E-state index in [2.05, 4.69) is 5.32 Å². The minimum Gasteiger partial charge on any atom is -0.491 e. The van der Waals surface area contributed by atoms with Crippen molar-refractivity contribution in [3.05, 3.63) is 71.8 Å². The van der Waals surface area contributed by atoms with Crippen LogP contribution in [0.3, 0.4) is 0 Å². The number of ketones is 1. The Morgan fingerprint density at radius 3 is 2.25 bits per heavy atom. The average Bonchev–Trinajstić information content (AvgIpc) is 2.77. The van der Waals surface area contributed by atoms with Gasteiger partial charge in [0.05, 0.1) is 6.61 Å². The van der Waals surface area contributed by atoms with E-state index in [1.165, 1.54) is 20.1 Å². The van der Waals surface area contributed by atoms with Gasteiger partial charge in [0, 0.05) is 24.4 Å². The van der Waals surface area contributed by atoms with Crippen LogP contribution in [0.5, 0.6) is 5.75 Å². The SMILES string of the molecule is CO[C@H](/C=C/C(=O)O)[C@H](OC(=O)Nc1ccc(C(C)=O)cc1)c1ccc(OCCO)cc1. The number of rotatable bonds is 11. The second-order valence-corrected chi connectivity index (χ2v) is 6.62.